The van der Waals surface area contributed by atoms with E-state index in [9.17, 15) is 0 Å². The highest BCUT2D eigenvalue weighted by Crippen LogP contribution is 2.31. The minimum atomic E-state index is 0.738. The van der Waals surface area contributed by atoms with E-state index >= 15 is 0 Å². The highest BCUT2D eigenvalue weighted by Gasteiger charge is 2.07. The van der Waals surface area contributed by atoms with Crippen molar-refractivity contribution in [2.75, 3.05) is 7.11 Å². The molecule has 0 radical (unpaired) electrons. The molecular weight excluding hydrogens is 246 g/mol. The second-order valence-corrected chi connectivity index (χ2v) is 4.56. The number of aromatic amines is 1. The van der Waals surface area contributed by atoms with E-state index in [1.54, 1.807) is 7.11 Å². The molecule has 0 saturated carbocycles. The van der Waals surface area contributed by atoms with Crippen molar-refractivity contribution in [3.63, 3.8) is 0 Å². The molecule has 0 aliphatic rings. The molecule has 3 aromatic rings. The molecule has 3 rings (SSSR count). The van der Waals surface area contributed by atoms with Gasteiger partial charge in [0.2, 0.25) is 0 Å². The van der Waals surface area contributed by atoms with Gasteiger partial charge < -0.3 is 9.72 Å². The number of nitrogens with one attached hydrogen (secondary N) is 1. The van der Waals surface area contributed by atoms with E-state index in [-0.39, 0.29) is 0 Å². The molecule has 1 heterocycles. The lowest BCUT2D eigenvalue weighted by molar-refractivity contribution is 0.415. The Hall–Kier alpha value is -1.93. The van der Waals surface area contributed by atoms with Crippen molar-refractivity contribution in [2.45, 2.75) is 0 Å². The second kappa shape index (κ2) is 4.39. The summed E-state index contributed by atoms with van der Waals surface area (Å²) in [4.78, 5) is 3.24. The third-order valence-electron chi connectivity index (χ3n) is 3.02. The number of rotatable bonds is 2. The molecule has 3 heteroatoms. The van der Waals surface area contributed by atoms with Gasteiger partial charge in [0.1, 0.15) is 5.75 Å². The molecule has 2 nitrogen and oxygen atoms in total. The zero-order chi connectivity index (χ0) is 12.5. The number of ether oxygens (including phenoxy) is 1. The third kappa shape index (κ3) is 1.85. The normalized spacial score (nSPS) is 10.8. The zero-order valence-corrected chi connectivity index (χ0v) is 10.7. The van der Waals surface area contributed by atoms with Crippen LogP contribution < -0.4 is 4.74 Å². The summed E-state index contributed by atoms with van der Waals surface area (Å²) in [6.45, 7) is 0. The number of hydrogen-bond acceptors (Lipinski definition) is 1. The van der Waals surface area contributed by atoms with Crippen LogP contribution in [0.25, 0.3) is 22.0 Å². The first kappa shape index (κ1) is 11.2. The fraction of sp³-hybridized carbons (Fsp3) is 0.0667. The van der Waals surface area contributed by atoms with Gasteiger partial charge in [-0.2, -0.15) is 0 Å². The summed E-state index contributed by atoms with van der Waals surface area (Å²) in [5.74, 6) is 0.857. The molecule has 0 saturated heterocycles. The summed E-state index contributed by atoms with van der Waals surface area (Å²) in [6.07, 6.45) is 2.00. The van der Waals surface area contributed by atoms with Gasteiger partial charge in [-0.3, -0.25) is 0 Å². The van der Waals surface area contributed by atoms with Gasteiger partial charge in [0.25, 0.3) is 0 Å². The minimum absolute atomic E-state index is 0.738. The number of benzene rings is 2. The Bertz CT molecular complexity index is 703. The van der Waals surface area contributed by atoms with Gasteiger partial charge in [0.15, 0.2) is 0 Å². The van der Waals surface area contributed by atoms with Crippen LogP contribution in [-0.4, -0.2) is 12.1 Å². The Balaban J connectivity index is 2.19. The van der Waals surface area contributed by atoms with Crippen molar-refractivity contribution in [3.8, 4) is 16.9 Å². The number of fused-ring (bicyclic) bond motifs is 1. The number of aromatic nitrogens is 1. The summed E-state index contributed by atoms with van der Waals surface area (Å²) in [7, 11) is 1.67. The molecule has 0 unspecified atom stereocenters. The van der Waals surface area contributed by atoms with E-state index in [0.29, 0.717) is 0 Å². The molecule has 0 spiro atoms. The van der Waals surface area contributed by atoms with Crippen LogP contribution in [0.2, 0.25) is 5.02 Å². The third-order valence-corrected chi connectivity index (χ3v) is 3.26. The maximum absolute atomic E-state index is 5.98. The molecule has 90 valence electrons. The fourth-order valence-corrected chi connectivity index (χ4v) is 2.30. The van der Waals surface area contributed by atoms with Crippen molar-refractivity contribution in [1.82, 2.24) is 4.98 Å². The van der Waals surface area contributed by atoms with Gasteiger partial charge in [0, 0.05) is 27.7 Å². The Labute approximate surface area is 110 Å². The van der Waals surface area contributed by atoms with Crippen LogP contribution in [-0.2, 0) is 0 Å². The number of halogens is 1. The lowest BCUT2D eigenvalue weighted by Gasteiger charge is -2.03. The first-order chi connectivity index (χ1) is 8.78. The largest absolute Gasteiger partial charge is 0.497 e. The van der Waals surface area contributed by atoms with E-state index in [4.69, 9.17) is 16.3 Å². The lowest BCUT2D eigenvalue weighted by atomic mass is 10.0. The predicted molar refractivity (Wildman–Crippen MR) is 75.3 cm³/mol. The molecule has 0 fully saturated rings. The van der Waals surface area contributed by atoms with Crippen LogP contribution in [0.3, 0.4) is 0 Å². The first-order valence-corrected chi connectivity index (χ1v) is 6.07. The summed E-state index contributed by atoms with van der Waals surface area (Å²) in [5, 5.41) is 1.90. The summed E-state index contributed by atoms with van der Waals surface area (Å²) in [6, 6.07) is 13.9. The number of H-pyrrole nitrogens is 1. The van der Waals surface area contributed by atoms with E-state index in [2.05, 4.69) is 11.1 Å². The number of hydrogen-bond donors (Lipinski definition) is 1. The van der Waals surface area contributed by atoms with Crippen LogP contribution in [0.4, 0.5) is 0 Å². The van der Waals surface area contributed by atoms with Gasteiger partial charge in [-0.1, -0.05) is 29.8 Å². The standard InChI is InChI=1S/C15H12ClNO/c1-18-12-4-2-3-10(7-12)14-9-17-15-8-11(16)5-6-13(14)15/h2-9,17H,1H3. The molecule has 1 N–H and O–H groups in total. The molecule has 18 heavy (non-hydrogen) atoms. The van der Waals surface area contributed by atoms with Gasteiger partial charge in [-0.05, 0) is 29.8 Å². The average molecular weight is 258 g/mol. The van der Waals surface area contributed by atoms with E-state index < -0.39 is 0 Å². The predicted octanol–water partition coefficient (Wildman–Crippen LogP) is 4.50. The molecular formula is C15H12ClNO. The van der Waals surface area contributed by atoms with Crippen LogP contribution in [0.15, 0.2) is 48.7 Å². The minimum Gasteiger partial charge on any atom is -0.497 e. The Morgan fingerprint density at radius 2 is 2.00 bits per heavy atom. The molecule has 2 aromatic carbocycles. The lowest BCUT2D eigenvalue weighted by Crippen LogP contribution is -1.82. The molecule has 1 aromatic heterocycles. The van der Waals surface area contributed by atoms with Crippen molar-refractivity contribution in [2.24, 2.45) is 0 Å². The van der Waals surface area contributed by atoms with Crippen LogP contribution >= 0.6 is 11.6 Å². The Morgan fingerprint density at radius 3 is 2.83 bits per heavy atom. The molecule has 0 bridgehead atoms. The van der Waals surface area contributed by atoms with Gasteiger partial charge in [0.05, 0.1) is 7.11 Å². The van der Waals surface area contributed by atoms with Crippen LogP contribution in [0.5, 0.6) is 5.75 Å². The Morgan fingerprint density at radius 1 is 1.11 bits per heavy atom. The van der Waals surface area contributed by atoms with Crippen molar-refractivity contribution in [3.05, 3.63) is 53.7 Å². The molecule has 0 aliphatic heterocycles. The van der Waals surface area contributed by atoms with Crippen molar-refractivity contribution in [1.29, 1.82) is 0 Å². The maximum Gasteiger partial charge on any atom is 0.119 e. The van der Waals surface area contributed by atoms with Crippen LogP contribution in [0.1, 0.15) is 0 Å². The molecule has 0 amide bonds. The summed E-state index contributed by atoms with van der Waals surface area (Å²) in [5.41, 5.74) is 3.32. The van der Waals surface area contributed by atoms with E-state index in [0.717, 1.165) is 32.8 Å². The Kier molecular flexibility index (Phi) is 2.73. The zero-order valence-electron chi connectivity index (χ0n) is 9.91. The smallest absolute Gasteiger partial charge is 0.119 e. The number of methoxy groups -OCH3 is 1. The van der Waals surface area contributed by atoms with E-state index in [1.807, 2.05) is 42.6 Å². The van der Waals surface area contributed by atoms with Gasteiger partial charge in [-0.25, -0.2) is 0 Å². The highest BCUT2D eigenvalue weighted by molar-refractivity contribution is 6.31. The van der Waals surface area contributed by atoms with Gasteiger partial charge in [-0.15, -0.1) is 0 Å². The summed E-state index contributed by atoms with van der Waals surface area (Å²) < 4.78 is 5.25. The maximum atomic E-state index is 5.98. The molecule has 0 atom stereocenters. The van der Waals surface area contributed by atoms with Crippen molar-refractivity contribution >= 4 is 22.5 Å². The fourth-order valence-electron chi connectivity index (χ4n) is 2.13. The molecule has 0 aliphatic carbocycles. The SMILES string of the molecule is COc1cccc(-c2c[nH]c3cc(Cl)ccc23)c1. The van der Waals surface area contributed by atoms with Crippen molar-refractivity contribution < 1.29 is 4.74 Å². The van der Waals surface area contributed by atoms with Gasteiger partial charge >= 0.3 is 0 Å². The quantitative estimate of drug-likeness (QED) is 0.719. The van der Waals surface area contributed by atoms with Crippen LogP contribution in [0, 0.1) is 0 Å². The first-order valence-electron chi connectivity index (χ1n) is 5.69. The average Bonchev–Trinajstić information content (AvgIpc) is 2.81. The summed E-state index contributed by atoms with van der Waals surface area (Å²) >= 11 is 5.98. The monoisotopic (exact) mass is 257 g/mol. The topological polar surface area (TPSA) is 25.0 Å². The highest BCUT2D eigenvalue weighted by atomic mass is 35.5. The second-order valence-electron chi connectivity index (χ2n) is 4.12. The van der Waals surface area contributed by atoms with E-state index in [1.165, 1.54) is 0 Å².